The van der Waals surface area contributed by atoms with Gasteiger partial charge in [0.25, 0.3) is 6.47 Å². The third kappa shape index (κ3) is 7.01. The van der Waals surface area contributed by atoms with Gasteiger partial charge in [0.1, 0.15) is 6.04 Å². The van der Waals surface area contributed by atoms with E-state index in [9.17, 15) is 9.59 Å². The Kier molecular flexibility index (Phi) is 7.67. The number of nitrogens with two attached hydrogens (primary N) is 2. The molecule has 0 fully saturated rings. The Bertz CT molecular complexity index is 193. The van der Waals surface area contributed by atoms with Crippen LogP contribution in [0.25, 0.3) is 0 Å². The first kappa shape index (κ1) is 13.6. The summed E-state index contributed by atoms with van der Waals surface area (Å²) in [5.41, 5.74) is 10.6. The largest absolute Gasteiger partial charge is 0.480 e. The minimum atomic E-state index is -1.04. The smallest absolute Gasteiger partial charge is 0.321 e. The van der Waals surface area contributed by atoms with E-state index >= 15 is 0 Å². The molecule has 0 unspecified atom stereocenters. The van der Waals surface area contributed by atoms with E-state index in [0.29, 0.717) is 5.75 Å². The number of carboxylic acids is 1. The molecule has 2 atom stereocenters. The number of rotatable bonds is 8. The zero-order chi connectivity index (χ0) is 11.0. The van der Waals surface area contributed by atoms with Gasteiger partial charge in [0.05, 0.1) is 5.75 Å². The second kappa shape index (κ2) is 7.92. The Morgan fingerprint density at radius 2 is 2.00 bits per heavy atom. The molecule has 6 nitrogen and oxygen atoms in total. The van der Waals surface area contributed by atoms with Gasteiger partial charge in [0, 0.05) is 5.75 Å². The quantitative estimate of drug-likeness (QED) is 0.219. The Morgan fingerprint density at radius 1 is 1.43 bits per heavy atom. The summed E-state index contributed by atoms with van der Waals surface area (Å²) in [4.78, 5) is 20.1. The van der Waals surface area contributed by atoms with Gasteiger partial charge in [-0.3, -0.25) is 15.3 Å². The highest BCUT2D eigenvalue weighted by Gasteiger charge is 2.11. The molecular weight excluding hydrogens is 228 g/mol. The molecule has 5 N–H and O–H groups in total. The SMILES string of the molecule is N[C@@H](CSSC[C@H](N)C(=O)O)OC=O. The van der Waals surface area contributed by atoms with Crippen molar-refractivity contribution >= 4 is 34.0 Å². The molecular formula is C6H12N2O4S2. The van der Waals surface area contributed by atoms with E-state index in [-0.39, 0.29) is 12.2 Å². The molecule has 0 saturated carbocycles. The first-order valence-electron chi connectivity index (χ1n) is 3.65. The zero-order valence-corrected chi connectivity index (χ0v) is 8.92. The minimum absolute atomic E-state index is 0.277. The van der Waals surface area contributed by atoms with Crippen molar-refractivity contribution in [2.75, 3.05) is 11.5 Å². The standard InChI is InChI=1S/C6H12N2O4S2/c7-4(6(10)11)1-13-14-2-5(8)12-3-9/h3-5H,1-2,7-8H2,(H,10,11)/t4-,5+/m0/s1. The van der Waals surface area contributed by atoms with E-state index in [1.807, 2.05) is 0 Å². The Labute approximate surface area is 89.1 Å². The second-order valence-corrected chi connectivity index (χ2v) is 4.84. The molecule has 0 radical (unpaired) electrons. The number of carboxylic acid groups (broad SMARTS) is 1. The van der Waals surface area contributed by atoms with Gasteiger partial charge in [-0.2, -0.15) is 0 Å². The van der Waals surface area contributed by atoms with Crippen molar-refractivity contribution in [1.29, 1.82) is 0 Å². The average molecular weight is 240 g/mol. The lowest BCUT2D eigenvalue weighted by atomic mass is 10.4. The molecule has 0 aliphatic heterocycles. The molecule has 0 aromatic heterocycles. The van der Waals surface area contributed by atoms with Crippen LogP contribution < -0.4 is 11.5 Å². The summed E-state index contributed by atoms with van der Waals surface area (Å²) < 4.78 is 4.41. The van der Waals surface area contributed by atoms with Crippen molar-refractivity contribution in [1.82, 2.24) is 0 Å². The molecule has 82 valence electrons. The number of hydrogen-bond donors (Lipinski definition) is 3. The summed E-state index contributed by atoms with van der Waals surface area (Å²) in [7, 11) is 2.59. The van der Waals surface area contributed by atoms with Crippen LogP contribution >= 0.6 is 21.6 Å². The monoisotopic (exact) mass is 240 g/mol. The number of carbonyl (C=O) groups is 2. The van der Waals surface area contributed by atoms with E-state index in [1.54, 1.807) is 0 Å². The van der Waals surface area contributed by atoms with Crippen LogP contribution in [0.1, 0.15) is 0 Å². The predicted octanol–water partition coefficient (Wildman–Crippen LogP) is -0.763. The second-order valence-electron chi connectivity index (χ2n) is 2.28. The number of carbonyl (C=O) groups excluding carboxylic acids is 1. The first-order chi connectivity index (χ1) is 6.57. The van der Waals surface area contributed by atoms with Crippen LogP contribution in [0, 0.1) is 0 Å². The predicted molar refractivity (Wildman–Crippen MR) is 55.7 cm³/mol. The Hall–Kier alpha value is -0.440. The third-order valence-corrected chi connectivity index (χ3v) is 3.55. The van der Waals surface area contributed by atoms with Crippen LogP contribution in [0.3, 0.4) is 0 Å². The molecule has 0 amide bonds. The van der Waals surface area contributed by atoms with Crippen molar-refractivity contribution in [2.24, 2.45) is 11.5 Å². The molecule has 0 spiro atoms. The lowest BCUT2D eigenvalue weighted by Crippen LogP contribution is -2.32. The summed E-state index contributed by atoms with van der Waals surface area (Å²) in [6.07, 6.45) is -0.661. The van der Waals surface area contributed by atoms with Crippen molar-refractivity contribution in [2.45, 2.75) is 12.3 Å². The summed E-state index contributed by atoms with van der Waals surface area (Å²) in [6.45, 7) is 0.277. The molecule has 8 heteroatoms. The van der Waals surface area contributed by atoms with Gasteiger partial charge in [0.15, 0.2) is 6.23 Å². The van der Waals surface area contributed by atoms with Gasteiger partial charge in [-0.05, 0) is 0 Å². The Balaban J connectivity index is 3.37. The van der Waals surface area contributed by atoms with Crippen LogP contribution in [-0.4, -0.2) is 41.3 Å². The summed E-state index contributed by atoms with van der Waals surface area (Å²) in [5, 5.41) is 8.43. The summed E-state index contributed by atoms with van der Waals surface area (Å²) >= 11 is 0. The average Bonchev–Trinajstić information content (AvgIpc) is 2.12. The maximum Gasteiger partial charge on any atom is 0.321 e. The van der Waals surface area contributed by atoms with Crippen LogP contribution in [0.5, 0.6) is 0 Å². The normalized spacial score (nSPS) is 14.4. The van der Waals surface area contributed by atoms with Gasteiger partial charge >= 0.3 is 5.97 Å². The lowest BCUT2D eigenvalue weighted by Gasteiger charge is -2.09. The third-order valence-electron chi connectivity index (χ3n) is 1.11. The molecule has 14 heavy (non-hydrogen) atoms. The number of hydrogen-bond acceptors (Lipinski definition) is 7. The molecule has 0 bridgehead atoms. The van der Waals surface area contributed by atoms with Gasteiger partial charge in [-0.25, -0.2) is 0 Å². The summed E-state index contributed by atoms with van der Waals surface area (Å²) in [6, 6.07) is -0.879. The van der Waals surface area contributed by atoms with Crippen LogP contribution in [-0.2, 0) is 14.3 Å². The highest BCUT2D eigenvalue weighted by molar-refractivity contribution is 8.76. The zero-order valence-electron chi connectivity index (χ0n) is 7.29. The highest BCUT2D eigenvalue weighted by atomic mass is 33.1. The van der Waals surface area contributed by atoms with Gasteiger partial charge < -0.3 is 15.6 Å². The van der Waals surface area contributed by atoms with Gasteiger partial charge in [-0.1, -0.05) is 21.6 Å². The maximum absolute atomic E-state index is 10.3. The fourth-order valence-electron chi connectivity index (χ4n) is 0.419. The molecule has 0 aliphatic rings. The van der Waals surface area contributed by atoms with Crippen molar-refractivity contribution in [3.05, 3.63) is 0 Å². The van der Waals surface area contributed by atoms with Crippen molar-refractivity contribution in [3.8, 4) is 0 Å². The van der Waals surface area contributed by atoms with E-state index in [4.69, 9.17) is 16.6 Å². The minimum Gasteiger partial charge on any atom is -0.480 e. The number of ether oxygens (including phenoxy) is 1. The van der Waals surface area contributed by atoms with E-state index < -0.39 is 18.2 Å². The van der Waals surface area contributed by atoms with Gasteiger partial charge in [0.2, 0.25) is 0 Å². The van der Waals surface area contributed by atoms with Crippen LogP contribution in [0.15, 0.2) is 0 Å². The van der Waals surface area contributed by atoms with E-state index in [1.165, 1.54) is 21.6 Å². The van der Waals surface area contributed by atoms with Crippen molar-refractivity contribution < 1.29 is 19.4 Å². The van der Waals surface area contributed by atoms with Gasteiger partial charge in [-0.15, -0.1) is 0 Å². The fourth-order valence-corrected chi connectivity index (χ4v) is 2.53. The number of aliphatic carboxylic acids is 1. The van der Waals surface area contributed by atoms with Crippen LogP contribution in [0.2, 0.25) is 0 Å². The molecule has 0 saturated heterocycles. The topological polar surface area (TPSA) is 116 Å². The maximum atomic E-state index is 10.3. The molecule has 0 aliphatic carbocycles. The molecule has 0 aromatic rings. The van der Waals surface area contributed by atoms with Crippen molar-refractivity contribution in [3.63, 3.8) is 0 Å². The highest BCUT2D eigenvalue weighted by Crippen LogP contribution is 2.22. The molecule has 0 heterocycles. The first-order valence-corrected chi connectivity index (χ1v) is 6.14. The fraction of sp³-hybridized carbons (Fsp3) is 0.667. The molecule has 0 aromatic carbocycles. The summed E-state index contributed by atoms with van der Waals surface area (Å²) in [5.74, 6) is -0.352. The Morgan fingerprint density at radius 3 is 2.50 bits per heavy atom. The van der Waals surface area contributed by atoms with Crippen LogP contribution in [0.4, 0.5) is 0 Å². The lowest BCUT2D eigenvalue weighted by molar-refractivity contribution is -0.138. The van der Waals surface area contributed by atoms with E-state index in [2.05, 4.69) is 4.74 Å². The van der Waals surface area contributed by atoms with E-state index in [0.717, 1.165) is 0 Å². The molecule has 0 rings (SSSR count).